The van der Waals surface area contributed by atoms with Gasteiger partial charge in [0.15, 0.2) is 17.5 Å². The standard InChI is InChI=1S/C41H23N3O2/c1-2-12-26-24(10-1)22-23-25-11-7-16-30(36(25)26)39-42-40(31-17-9-21-35-37(31)29-14-4-6-20-34(29)45-35)44-41(43-39)32-18-8-15-28-27-13-3-5-19-33(27)46-38(28)32/h1-23H. The number of aromatic nitrogens is 3. The van der Waals surface area contributed by atoms with Gasteiger partial charge >= 0.3 is 0 Å². The van der Waals surface area contributed by atoms with Crippen molar-refractivity contribution in [3.05, 3.63) is 140 Å². The fourth-order valence-electron chi connectivity index (χ4n) is 6.87. The lowest BCUT2D eigenvalue weighted by Crippen LogP contribution is -2.01. The highest BCUT2D eigenvalue weighted by molar-refractivity contribution is 6.15. The largest absolute Gasteiger partial charge is 0.456 e. The minimum atomic E-state index is 0.548. The molecular weight excluding hydrogens is 566 g/mol. The van der Waals surface area contributed by atoms with Crippen LogP contribution >= 0.6 is 0 Å². The van der Waals surface area contributed by atoms with Gasteiger partial charge in [0, 0.05) is 38.1 Å². The zero-order chi connectivity index (χ0) is 30.2. The van der Waals surface area contributed by atoms with Gasteiger partial charge in [0.25, 0.3) is 0 Å². The Morgan fingerprint density at radius 3 is 1.67 bits per heavy atom. The molecule has 0 aliphatic rings. The SMILES string of the molecule is c1ccc2c(c1)ccc1cccc(-c3nc(-c4cccc5c4oc4ccccc45)nc(-c4cccc5oc6ccccc6c45)n3)c12. The van der Waals surface area contributed by atoms with Crippen LogP contribution < -0.4 is 0 Å². The third-order valence-electron chi connectivity index (χ3n) is 8.93. The summed E-state index contributed by atoms with van der Waals surface area (Å²) in [6, 6.07) is 47.5. The summed E-state index contributed by atoms with van der Waals surface area (Å²) in [6.45, 7) is 0. The summed E-state index contributed by atoms with van der Waals surface area (Å²) in [6.07, 6.45) is 0. The third kappa shape index (κ3) is 3.66. The van der Waals surface area contributed by atoms with Crippen molar-refractivity contribution >= 4 is 65.4 Å². The second kappa shape index (κ2) is 9.58. The number of hydrogen-bond donors (Lipinski definition) is 0. The molecule has 0 aliphatic heterocycles. The Morgan fingerprint density at radius 2 is 0.848 bits per heavy atom. The highest BCUT2D eigenvalue weighted by atomic mass is 16.3. The first-order valence-electron chi connectivity index (χ1n) is 15.3. The summed E-state index contributed by atoms with van der Waals surface area (Å²) in [5.74, 6) is 1.72. The summed E-state index contributed by atoms with van der Waals surface area (Å²) in [5.41, 5.74) is 5.84. The molecule has 0 radical (unpaired) electrons. The normalized spacial score (nSPS) is 11.9. The quantitative estimate of drug-likeness (QED) is 0.192. The summed E-state index contributed by atoms with van der Waals surface area (Å²) in [5, 5.41) is 8.64. The molecule has 0 atom stereocenters. The summed E-state index contributed by atoms with van der Waals surface area (Å²) < 4.78 is 12.7. The van der Waals surface area contributed by atoms with Crippen molar-refractivity contribution in [2.75, 3.05) is 0 Å². The van der Waals surface area contributed by atoms with Crippen molar-refractivity contribution < 1.29 is 8.83 Å². The second-order valence-electron chi connectivity index (χ2n) is 11.6. The van der Waals surface area contributed by atoms with Crippen molar-refractivity contribution in [3.63, 3.8) is 0 Å². The van der Waals surface area contributed by atoms with E-state index in [1.54, 1.807) is 0 Å². The summed E-state index contributed by atoms with van der Waals surface area (Å²) in [7, 11) is 0. The van der Waals surface area contributed by atoms with Crippen LogP contribution in [0.15, 0.2) is 148 Å². The maximum Gasteiger partial charge on any atom is 0.167 e. The molecule has 214 valence electrons. The second-order valence-corrected chi connectivity index (χ2v) is 11.6. The number of benzene rings is 7. The van der Waals surface area contributed by atoms with Crippen molar-refractivity contribution in [1.29, 1.82) is 0 Å². The number of hydrogen-bond acceptors (Lipinski definition) is 5. The molecule has 3 aromatic heterocycles. The van der Waals surface area contributed by atoms with Crippen molar-refractivity contribution in [2.24, 2.45) is 0 Å². The molecule has 0 amide bonds. The molecule has 0 N–H and O–H groups in total. The average Bonchev–Trinajstić information content (AvgIpc) is 3.70. The van der Waals surface area contributed by atoms with E-state index in [2.05, 4.69) is 78.9 Å². The Hall–Kier alpha value is -6.33. The molecule has 10 rings (SSSR count). The number of fused-ring (bicyclic) bond motifs is 9. The van der Waals surface area contributed by atoms with E-state index in [-0.39, 0.29) is 0 Å². The van der Waals surface area contributed by atoms with Crippen molar-refractivity contribution in [2.45, 2.75) is 0 Å². The minimum Gasteiger partial charge on any atom is -0.456 e. The van der Waals surface area contributed by atoms with E-state index in [0.717, 1.165) is 76.7 Å². The van der Waals surface area contributed by atoms with E-state index in [9.17, 15) is 0 Å². The van der Waals surface area contributed by atoms with Crippen LogP contribution in [0.3, 0.4) is 0 Å². The number of furan rings is 2. The third-order valence-corrected chi connectivity index (χ3v) is 8.93. The molecule has 0 unspecified atom stereocenters. The highest BCUT2D eigenvalue weighted by Crippen LogP contribution is 2.40. The molecule has 46 heavy (non-hydrogen) atoms. The van der Waals surface area contributed by atoms with Gasteiger partial charge in [0.2, 0.25) is 0 Å². The average molecular weight is 590 g/mol. The highest BCUT2D eigenvalue weighted by Gasteiger charge is 2.21. The lowest BCUT2D eigenvalue weighted by atomic mass is 9.97. The number of nitrogens with zero attached hydrogens (tertiary/aromatic N) is 3. The van der Waals surface area contributed by atoms with E-state index in [1.165, 1.54) is 5.39 Å². The Kier molecular flexibility index (Phi) is 5.22. The fourth-order valence-corrected chi connectivity index (χ4v) is 6.87. The first kappa shape index (κ1) is 25.0. The Bertz CT molecular complexity index is 2830. The van der Waals surface area contributed by atoms with Crippen LogP contribution in [0.25, 0.3) is 99.6 Å². The molecule has 10 aromatic rings. The predicted molar refractivity (Wildman–Crippen MR) is 186 cm³/mol. The van der Waals surface area contributed by atoms with Crippen molar-refractivity contribution in [1.82, 2.24) is 15.0 Å². The maximum absolute atomic E-state index is 6.46. The monoisotopic (exact) mass is 589 g/mol. The summed E-state index contributed by atoms with van der Waals surface area (Å²) in [4.78, 5) is 15.6. The topological polar surface area (TPSA) is 65.0 Å². The first-order chi connectivity index (χ1) is 22.8. The Morgan fingerprint density at radius 1 is 0.326 bits per heavy atom. The molecular formula is C41H23N3O2. The number of para-hydroxylation sites is 3. The molecule has 0 aliphatic carbocycles. The van der Waals surface area contributed by atoms with Crippen LogP contribution in [-0.2, 0) is 0 Å². The van der Waals surface area contributed by atoms with E-state index in [1.807, 2.05) is 60.7 Å². The molecule has 5 heteroatoms. The van der Waals surface area contributed by atoms with Gasteiger partial charge in [-0.05, 0) is 40.4 Å². The van der Waals surface area contributed by atoms with Crippen LogP contribution in [0.2, 0.25) is 0 Å². The molecule has 3 heterocycles. The first-order valence-corrected chi connectivity index (χ1v) is 15.3. The maximum atomic E-state index is 6.46. The van der Waals surface area contributed by atoms with E-state index in [0.29, 0.717) is 17.5 Å². The zero-order valence-corrected chi connectivity index (χ0v) is 24.4. The molecule has 0 spiro atoms. The number of rotatable bonds is 3. The van der Waals surface area contributed by atoms with Crippen LogP contribution in [-0.4, -0.2) is 15.0 Å². The molecule has 0 fully saturated rings. The predicted octanol–water partition coefficient (Wildman–Crippen LogP) is 11.0. The van der Waals surface area contributed by atoms with Gasteiger partial charge in [0.05, 0.1) is 5.56 Å². The molecule has 5 nitrogen and oxygen atoms in total. The van der Waals surface area contributed by atoms with Crippen LogP contribution in [0, 0.1) is 0 Å². The van der Waals surface area contributed by atoms with Crippen LogP contribution in [0.1, 0.15) is 0 Å². The van der Waals surface area contributed by atoms with Gasteiger partial charge < -0.3 is 8.83 Å². The Labute approximate surface area is 262 Å². The lowest BCUT2D eigenvalue weighted by Gasteiger charge is -2.12. The molecule has 0 bridgehead atoms. The molecule has 7 aromatic carbocycles. The molecule has 0 saturated heterocycles. The van der Waals surface area contributed by atoms with Gasteiger partial charge in [-0.15, -0.1) is 0 Å². The van der Waals surface area contributed by atoms with Gasteiger partial charge in [-0.1, -0.05) is 115 Å². The minimum absolute atomic E-state index is 0.548. The van der Waals surface area contributed by atoms with Crippen LogP contribution in [0.5, 0.6) is 0 Å². The zero-order valence-electron chi connectivity index (χ0n) is 24.4. The van der Waals surface area contributed by atoms with E-state index in [4.69, 9.17) is 23.8 Å². The van der Waals surface area contributed by atoms with E-state index >= 15 is 0 Å². The fraction of sp³-hybridized carbons (Fsp3) is 0. The van der Waals surface area contributed by atoms with Crippen LogP contribution in [0.4, 0.5) is 0 Å². The van der Waals surface area contributed by atoms with Gasteiger partial charge in [-0.2, -0.15) is 0 Å². The molecule has 0 saturated carbocycles. The van der Waals surface area contributed by atoms with Crippen molar-refractivity contribution in [3.8, 4) is 34.2 Å². The van der Waals surface area contributed by atoms with Gasteiger partial charge in [-0.3, -0.25) is 0 Å². The Balaban J connectivity index is 1.32. The van der Waals surface area contributed by atoms with Gasteiger partial charge in [0.1, 0.15) is 22.3 Å². The smallest absolute Gasteiger partial charge is 0.167 e. The lowest BCUT2D eigenvalue weighted by molar-refractivity contribution is 0.668. The van der Waals surface area contributed by atoms with Gasteiger partial charge in [-0.25, -0.2) is 15.0 Å². The summed E-state index contributed by atoms with van der Waals surface area (Å²) >= 11 is 0. The van der Waals surface area contributed by atoms with E-state index < -0.39 is 0 Å².